The normalized spacial score (nSPS) is 23.9. The summed E-state index contributed by atoms with van der Waals surface area (Å²) in [4.78, 5) is 25.5. The zero-order chi connectivity index (χ0) is 22.0. The summed E-state index contributed by atoms with van der Waals surface area (Å²) in [6, 6.07) is 0.920. The standard InChI is InChI=1S/C21H20O9/c1-2-13(22)14(23)8-10-7-11-12(9-15(24)19(26)18(11)25)21(28)30-17-6-4-3-5-16(17)29-20(10)27/h1,8-9,16-17,22-26H,3-7H2/b10-8+,14-13-. The van der Waals surface area contributed by atoms with Gasteiger partial charge in [0.15, 0.2) is 17.3 Å². The molecule has 1 aliphatic carbocycles. The highest BCUT2D eigenvalue weighted by atomic mass is 16.6. The molecule has 2 unspecified atom stereocenters. The highest BCUT2D eigenvalue weighted by Gasteiger charge is 2.36. The molecule has 1 fully saturated rings. The Morgan fingerprint density at radius 2 is 1.63 bits per heavy atom. The minimum Gasteiger partial charge on any atom is -0.504 e. The van der Waals surface area contributed by atoms with E-state index in [4.69, 9.17) is 15.9 Å². The van der Waals surface area contributed by atoms with Gasteiger partial charge in [0.2, 0.25) is 11.5 Å². The molecule has 5 N–H and O–H groups in total. The van der Waals surface area contributed by atoms with Crippen LogP contribution in [0.15, 0.2) is 29.2 Å². The molecule has 0 saturated heterocycles. The molecule has 0 bridgehead atoms. The van der Waals surface area contributed by atoms with Gasteiger partial charge >= 0.3 is 11.9 Å². The van der Waals surface area contributed by atoms with E-state index in [1.165, 1.54) is 0 Å². The number of aliphatic hydroxyl groups excluding tert-OH is 2. The van der Waals surface area contributed by atoms with Crippen LogP contribution in [0, 0.1) is 12.3 Å². The summed E-state index contributed by atoms with van der Waals surface area (Å²) in [5, 5.41) is 49.5. The van der Waals surface area contributed by atoms with E-state index in [0.717, 1.165) is 25.0 Å². The summed E-state index contributed by atoms with van der Waals surface area (Å²) >= 11 is 0. The number of rotatable bonds is 1. The second kappa shape index (κ2) is 8.29. The lowest BCUT2D eigenvalue weighted by Gasteiger charge is -2.32. The van der Waals surface area contributed by atoms with Crippen molar-refractivity contribution in [1.29, 1.82) is 0 Å². The minimum absolute atomic E-state index is 0.235. The molecule has 1 aromatic carbocycles. The van der Waals surface area contributed by atoms with Gasteiger partial charge in [0.1, 0.15) is 12.2 Å². The molecule has 1 saturated carbocycles. The van der Waals surface area contributed by atoms with Gasteiger partial charge in [-0.15, -0.1) is 6.42 Å². The Bertz CT molecular complexity index is 997. The fourth-order valence-corrected chi connectivity index (χ4v) is 3.47. The molecule has 1 aliphatic heterocycles. The number of carbonyl (C=O) groups excluding carboxylic acids is 2. The summed E-state index contributed by atoms with van der Waals surface area (Å²) in [5.74, 6) is -4.07. The van der Waals surface area contributed by atoms with E-state index in [1.807, 2.05) is 5.92 Å². The second-order valence-corrected chi connectivity index (χ2v) is 7.02. The number of benzene rings is 1. The number of carbonyl (C=O) groups is 2. The van der Waals surface area contributed by atoms with Crippen LogP contribution in [0.5, 0.6) is 17.2 Å². The Morgan fingerprint density at radius 1 is 1.03 bits per heavy atom. The number of hydrogen-bond acceptors (Lipinski definition) is 9. The first kappa shape index (κ1) is 20.9. The molecule has 9 nitrogen and oxygen atoms in total. The van der Waals surface area contributed by atoms with Crippen molar-refractivity contribution in [3.63, 3.8) is 0 Å². The number of esters is 2. The number of allylic oxidation sites excluding steroid dienone is 2. The molecule has 2 aliphatic rings. The number of phenolic OH excluding ortho intramolecular Hbond substituents is 3. The first-order valence-electron chi connectivity index (χ1n) is 9.21. The molecule has 0 spiro atoms. The number of terminal acetylenes is 1. The molecular formula is C21H20O9. The van der Waals surface area contributed by atoms with Crippen molar-refractivity contribution in [3.05, 3.63) is 40.4 Å². The average Bonchev–Trinajstić information content (AvgIpc) is 2.73. The van der Waals surface area contributed by atoms with Gasteiger partial charge in [-0.2, -0.15) is 0 Å². The fraction of sp³-hybridized carbons (Fsp3) is 0.333. The van der Waals surface area contributed by atoms with E-state index < -0.39 is 59.3 Å². The Hall–Kier alpha value is -3.80. The third-order valence-corrected chi connectivity index (χ3v) is 5.06. The third kappa shape index (κ3) is 3.98. The zero-order valence-corrected chi connectivity index (χ0v) is 15.8. The number of hydrogen-bond donors (Lipinski definition) is 5. The molecule has 2 atom stereocenters. The number of phenols is 3. The molecule has 30 heavy (non-hydrogen) atoms. The highest BCUT2D eigenvalue weighted by molar-refractivity contribution is 5.96. The summed E-state index contributed by atoms with van der Waals surface area (Å²) < 4.78 is 10.9. The van der Waals surface area contributed by atoms with E-state index in [0.29, 0.717) is 12.8 Å². The third-order valence-electron chi connectivity index (χ3n) is 5.06. The first-order valence-corrected chi connectivity index (χ1v) is 9.21. The number of ether oxygens (including phenoxy) is 2. The maximum absolute atomic E-state index is 12.8. The van der Waals surface area contributed by atoms with Crippen molar-refractivity contribution in [1.82, 2.24) is 0 Å². The van der Waals surface area contributed by atoms with Crippen molar-refractivity contribution >= 4 is 11.9 Å². The predicted octanol–water partition coefficient (Wildman–Crippen LogP) is 2.26. The van der Waals surface area contributed by atoms with Gasteiger partial charge < -0.3 is 35.0 Å². The van der Waals surface area contributed by atoms with Crippen LogP contribution in [-0.4, -0.2) is 49.7 Å². The average molecular weight is 416 g/mol. The molecule has 3 rings (SSSR count). The van der Waals surface area contributed by atoms with E-state index in [2.05, 4.69) is 0 Å². The minimum atomic E-state index is -0.895. The maximum atomic E-state index is 12.8. The van der Waals surface area contributed by atoms with Gasteiger partial charge in [-0.25, -0.2) is 9.59 Å². The van der Waals surface area contributed by atoms with Crippen molar-refractivity contribution < 1.29 is 44.6 Å². The fourth-order valence-electron chi connectivity index (χ4n) is 3.47. The van der Waals surface area contributed by atoms with Gasteiger partial charge in [0.05, 0.1) is 5.56 Å². The lowest BCUT2D eigenvalue weighted by Crippen LogP contribution is -2.39. The molecule has 0 radical (unpaired) electrons. The van der Waals surface area contributed by atoms with Crippen LogP contribution < -0.4 is 0 Å². The van der Waals surface area contributed by atoms with E-state index in [1.54, 1.807) is 0 Å². The monoisotopic (exact) mass is 416 g/mol. The number of aliphatic hydroxyl groups is 2. The Morgan fingerprint density at radius 3 is 2.23 bits per heavy atom. The number of aromatic hydroxyl groups is 3. The van der Waals surface area contributed by atoms with Crippen molar-refractivity contribution in [2.24, 2.45) is 0 Å². The van der Waals surface area contributed by atoms with Crippen molar-refractivity contribution in [2.75, 3.05) is 0 Å². The van der Waals surface area contributed by atoms with Crippen LogP contribution >= 0.6 is 0 Å². The van der Waals surface area contributed by atoms with Gasteiger partial charge in [-0.3, -0.25) is 0 Å². The molecule has 1 aromatic rings. The maximum Gasteiger partial charge on any atom is 0.339 e. The van der Waals surface area contributed by atoms with Crippen LogP contribution in [-0.2, 0) is 20.7 Å². The van der Waals surface area contributed by atoms with Crippen molar-refractivity contribution in [2.45, 2.75) is 44.3 Å². The molecule has 158 valence electrons. The first-order chi connectivity index (χ1) is 14.2. The molecule has 0 amide bonds. The van der Waals surface area contributed by atoms with E-state index >= 15 is 0 Å². The highest BCUT2D eigenvalue weighted by Crippen LogP contribution is 2.42. The van der Waals surface area contributed by atoms with E-state index in [9.17, 15) is 35.1 Å². The molecule has 1 heterocycles. The Kier molecular flexibility index (Phi) is 5.78. The quantitative estimate of drug-likeness (QED) is 0.152. The zero-order valence-electron chi connectivity index (χ0n) is 15.8. The lowest BCUT2D eigenvalue weighted by atomic mass is 9.92. The molecular weight excluding hydrogens is 396 g/mol. The predicted molar refractivity (Wildman–Crippen MR) is 102 cm³/mol. The van der Waals surface area contributed by atoms with Gasteiger partial charge in [-0.1, -0.05) is 0 Å². The lowest BCUT2D eigenvalue weighted by molar-refractivity contribution is -0.153. The van der Waals surface area contributed by atoms with Crippen LogP contribution in [0.3, 0.4) is 0 Å². The largest absolute Gasteiger partial charge is 0.504 e. The second-order valence-electron chi connectivity index (χ2n) is 7.02. The van der Waals surface area contributed by atoms with Crippen LogP contribution in [0.25, 0.3) is 0 Å². The summed E-state index contributed by atoms with van der Waals surface area (Å²) in [6.45, 7) is 0. The summed E-state index contributed by atoms with van der Waals surface area (Å²) in [6.07, 6.45) is 6.30. The Labute approximate surface area is 171 Å². The smallest absolute Gasteiger partial charge is 0.339 e. The van der Waals surface area contributed by atoms with Crippen LogP contribution in [0.2, 0.25) is 0 Å². The SMILES string of the molecule is C#C/C(O)=C(O)\C=C1/Cc2c(cc(O)c(O)c2O)C(=O)OC2CCCCC2OC1=O. The van der Waals surface area contributed by atoms with Crippen LogP contribution in [0.4, 0.5) is 0 Å². The number of fused-ring (bicyclic) bond motifs is 2. The van der Waals surface area contributed by atoms with Gasteiger partial charge in [0, 0.05) is 17.6 Å². The van der Waals surface area contributed by atoms with Gasteiger partial charge in [0.25, 0.3) is 0 Å². The molecule has 0 aromatic heterocycles. The van der Waals surface area contributed by atoms with Crippen molar-refractivity contribution in [3.8, 4) is 29.6 Å². The topological polar surface area (TPSA) is 154 Å². The molecule has 9 heteroatoms. The Balaban J connectivity index is 2.19. The van der Waals surface area contributed by atoms with Crippen LogP contribution in [0.1, 0.15) is 41.6 Å². The summed E-state index contributed by atoms with van der Waals surface area (Å²) in [5.41, 5.74) is -0.756. The van der Waals surface area contributed by atoms with Gasteiger partial charge in [-0.05, 0) is 43.7 Å². The summed E-state index contributed by atoms with van der Waals surface area (Å²) in [7, 11) is 0. The van der Waals surface area contributed by atoms with E-state index in [-0.39, 0.29) is 16.7 Å².